The molecule has 2 fully saturated rings. The highest BCUT2D eigenvalue weighted by molar-refractivity contribution is 6.30. The number of carbonyl (C=O) groups is 2. The van der Waals surface area contributed by atoms with Crippen LogP contribution in [0.5, 0.6) is 0 Å². The fraction of sp³-hybridized carbons (Fsp3) is 0.667. The monoisotopic (exact) mass is 309 g/mol. The fourth-order valence-corrected chi connectivity index (χ4v) is 3.93. The number of hydrogen-bond donors (Lipinski definition) is 0. The quantitative estimate of drug-likeness (QED) is 0.805. The van der Waals surface area contributed by atoms with Crippen molar-refractivity contribution < 1.29 is 9.59 Å². The molecule has 0 aromatic carbocycles. The summed E-state index contributed by atoms with van der Waals surface area (Å²) >= 11 is 6.21. The van der Waals surface area contributed by atoms with Crippen molar-refractivity contribution in [3.63, 3.8) is 0 Å². The van der Waals surface area contributed by atoms with Crippen LogP contribution in [0.1, 0.15) is 37.4 Å². The molecule has 2 atom stereocenters. The summed E-state index contributed by atoms with van der Waals surface area (Å²) in [5.74, 6) is 0.232. The molecule has 2 aliphatic rings. The lowest BCUT2D eigenvalue weighted by atomic mass is 10.00. The minimum atomic E-state index is -0.113. The van der Waals surface area contributed by atoms with E-state index in [9.17, 15) is 9.59 Å². The molecular weight excluding hydrogens is 290 g/mol. The van der Waals surface area contributed by atoms with Gasteiger partial charge in [0.25, 0.3) is 0 Å². The van der Waals surface area contributed by atoms with Crippen molar-refractivity contribution in [1.29, 1.82) is 0 Å². The number of hydrogen-bond acceptors (Lipinski definition) is 3. The second kappa shape index (κ2) is 5.13. The Bertz CT molecular complexity index is 586. The largest absolute Gasteiger partial charge is 0.277 e. The Kier molecular flexibility index (Phi) is 3.56. The lowest BCUT2D eigenvalue weighted by Crippen LogP contribution is -2.32. The predicted molar refractivity (Wildman–Crippen MR) is 78.5 cm³/mol. The zero-order valence-corrected chi connectivity index (χ0v) is 13.4. The van der Waals surface area contributed by atoms with Gasteiger partial charge in [-0.25, -0.2) is 0 Å². The van der Waals surface area contributed by atoms with Gasteiger partial charge in [-0.15, -0.1) is 0 Å². The van der Waals surface area contributed by atoms with E-state index in [1.807, 2.05) is 6.92 Å². The molecule has 5 nitrogen and oxygen atoms in total. The predicted octanol–water partition coefficient (Wildman–Crippen LogP) is 2.30. The molecule has 1 aromatic rings. The second-order valence-electron chi connectivity index (χ2n) is 6.20. The van der Waals surface area contributed by atoms with Gasteiger partial charge in [-0.2, -0.15) is 5.10 Å². The van der Waals surface area contributed by atoms with Gasteiger partial charge in [-0.3, -0.25) is 19.2 Å². The van der Waals surface area contributed by atoms with Crippen LogP contribution in [-0.2, 0) is 23.2 Å². The van der Waals surface area contributed by atoms with E-state index in [2.05, 4.69) is 12.0 Å². The van der Waals surface area contributed by atoms with Crippen molar-refractivity contribution in [3.8, 4) is 0 Å². The van der Waals surface area contributed by atoms with Gasteiger partial charge in [0.1, 0.15) is 5.15 Å². The summed E-state index contributed by atoms with van der Waals surface area (Å²) in [4.78, 5) is 26.4. The van der Waals surface area contributed by atoms with E-state index >= 15 is 0 Å². The third-order valence-corrected chi connectivity index (χ3v) is 5.46. The van der Waals surface area contributed by atoms with Crippen molar-refractivity contribution in [1.82, 2.24) is 14.7 Å². The summed E-state index contributed by atoms with van der Waals surface area (Å²) in [6, 6.07) is 0. The Morgan fingerprint density at radius 3 is 2.24 bits per heavy atom. The molecule has 0 spiro atoms. The molecule has 0 radical (unpaired) electrons. The molecular formula is C15H20ClN3O2. The Labute approximate surface area is 129 Å². The standard InChI is InChI=1S/C15H20ClN3O2/c1-4-9-5-10-11(6-9)15(21)19(14(10)20)7-12-8(2)17-18(3)13(12)16/h9-11H,4-7H2,1-3H3. The fourth-order valence-electron chi connectivity index (χ4n) is 3.70. The Balaban J connectivity index is 1.82. The van der Waals surface area contributed by atoms with Crippen LogP contribution in [-0.4, -0.2) is 26.5 Å². The number of fused-ring (bicyclic) bond motifs is 1. The zero-order valence-electron chi connectivity index (χ0n) is 12.6. The molecule has 0 bridgehead atoms. The Morgan fingerprint density at radius 2 is 1.81 bits per heavy atom. The van der Waals surface area contributed by atoms with E-state index in [1.54, 1.807) is 11.7 Å². The van der Waals surface area contributed by atoms with E-state index in [0.29, 0.717) is 11.1 Å². The number of aryl methyl sites for hydroxylation is 2. The van der Waals surface area contributed by atoms with Gasteiger partial charge in [-0.05, 0) is 25.7 Å². The molecule has 1 saturated heterocycles. The molecule has 21 heavy (non-hydrogen) atoms. The molecule has 1 aliphatic carbocycles. The minimum absolute atomic E-state index is 0.0275. The first kappa shape index (κ1) is 14.6. The highest BCUT2D eigenvalue weighted by Crippen LogP contribution is 2.44. The maximum absolute atomic E-state index is 12.5. The third kappa shape index (κ3) is 2.18. The summed E-state index contributed by atoms with van der Waals surface area (Å²) in [6.45, 7) is 4.22. The van der Waals surface area contributed by atoms with Gasteiger partial charge >= 0.3 is 0 Å². The Hall–Kier alpha value is -1.36. The summed E-state index contributed by atoms with van der Waals surface area (Å²) in [6.07, 6.45) is 2.74. The molecule has 6 heteroatoms. The highest BCUT2D eigenvalue weighted by Gasteiger charge is 2.52. The van der Waals surface area contributed by atoms with Crippen LogP contribution >= 0.6 is 11.6 Å². The van der Waals surface area contributed by atoms with Crippen LogP contribution in [0, 0.1) is 24.7 Å². The maximum atomic E-state index is 12.5. The third-order valence-electron chi connectivity index (χ3n) is 4.99. The average molecular weight is 310 g/mol. The van der Waals surface area contributed by atoms with Crippen LogP contribution in [0.25, 0.3) is 0 Å². The molecule has 1 saturated carbocycles. The number of halogens is 1. The molecule has 2 amide bonds. The van der Waals surface area contributed by atoms with Crippen molar-refractivity contribution in [2.45, 2.75) is 39.7 Å². The highest BCUT2D eigenvalue weighted by atomic mass is 35.5. The molecule has 1 aromatic heterocycles. The van der Waals surface area contributed by atoms with Gasteiger partial charge < -0.3 is 0 Å². The number of aromatic nitrogens is 2. The van der Waals surface area contributed by atoms with Gasteiger partial charge in [0.15, 0.2) is 0 Å². The van der Waals surface area contributed by atoms with Crippen LogP contribution in [0.4, 0.5) is 0 Å². The smallest absolute Gasteiger partial charge is 0.233 e. The second-order valence-corrected chi connectivity index (χ2v) is 6.56. The van der Waals surface area contributed by atoms with Crippen LogP contribution in [0.3, 0.4) is 0 Å². The molecule has 1 aliphatic heterocycles. The van der Waals surface area contributed by atoms with Crippen molar-refractivity contribution in [2.24, 2.45) is 24.8 Å². The summed E-state index contributed by atoms with van der Waals surface area (Å²) < 4.78 is 1.57. The van der Waals surface area contributed by atoms with Crippen LogP contribution < -0.4 is 0 Å². The number of imide groups is 1. The van der Waals surface area contributed by atoms with Gasteiger partial charge in [-0.1, -0.05) is 24.9 Å². The maximum Gasteiger partial charge on any atom is 0.233 e. The number of carbonyl (C=O) groups excluding carboxylic acids is 2. The van der Waals surface area contributed by atoms with Crippen molar-refractivity contribution in [2.75, 3.05) is 0 Å². The van der Waals surface area contributed by atoms with E-state index in [-0.39, 0.29) is 30.2 Å². The lowest BCUT2D eigenvalue weighted by molar-refractivity contribution is -0.141. The van der Waals surface area contributed by atoms with E-state index in [1.165, 1.54) is 4.90 Å². The molecule has 2 unspecified atom stereocenters. The number of rotatable bonds is 3. The summed E-state index contributed by atoms with van der Waals surface area (Å²) in [5, 5.41) is 4.73. The first-order chi connectivity index (χ1) is 9.93. The molecule has 2 heterocycles. The number of nitrogens with zero attached hydrogens (tertiary/aromatic N) is 3. The van der Waals surface area contributed by atoms with Gasteiger partial charge in [0.05, 0.1) is 24.1 Å². The Morgan fingerprint density at radius 1 is 1.24 bits per heavy atom. The first-order valence-electron chi connectivity index (χ1n) is 7.47. The van der Waals surface area contributed by atoms with Gasteiger partial charge in [0.2, 0.25) is 11.8 Å². The molecule has 0 N–H and O–H groups in total. The molecule has 3 rings (SSSR count). The van der Waals surface area contributed by atoms with Gasteiger partial charge in [0, 0.05) is 12.6 Å². The van der Waals surface area contributed by atoms with E-state index < -0.39 is 0 Å². The lowest BCUT2D eigenvalue weighted by Gasteiger charge is -2.17. The van der Waals surface area contributed by atoms with Crippen molar-refractivity contribution in [3.05, 3.63) is 16.4 Å². The van der Waals surface area contributed by atoms with E-state index in [4.69, 9.17) is 11.6 Å². The van der Waals surface area contributed by atoms with Crippen LogP contribution in [0.2, 0.25) is 5.15 Å². The zero-order chi connectivity index (χ0) is 15.3. The summed E-state index contributed by atoms with van der Waals surface area (Å²) in [5.41, 5.74) is 1.54. The minimum Gasteiger partial charge on any atom is -0.277 e. The van der Waals surface area contributed by atoms with Crippen molar-refractivity contribution >= 4 is 23.4 Å². The normalized spacial score (nSPS) is 28.6. The topological polar surface area (TPSA) is 55.2 Å². The average Bonchev–Trinajstić information content (AvgIpc) is 3.04. The number of amides is 2. The van der Waals surface area contributed by atoms with Crippen LogP contribution in [0.15, 0.2) is 0 Å². The van der Waals surface area contributed by atoms with E-state index in [0.717, 1.165) is 30.5 Å². The first-order valence-corrected chi connectivity index (χ1v) is 7.85. The SMILES string of the molecule is CCC1CC2C(=O)N(Cc3c(C)nn(C)c3Cl)C(=O)C2C1. The molecule has 114 valence electrons. The number of likely N-dealkylation sites (tertiary alicyclic amines) is 1. The summed E-state index contributed by atoms with van der Waals surface area (Å²) in [7, 11) is 1.76.